The summed E-state index contributed by atoms with van der Waals surface area (Å²) in [5.74, 6) is 0.788. The number of halogens is 1. The maximum Gasteiger partial charge on any atom is 0.124 e. The molecule has 3 N–H and O–H groups in total. The molecule has 0 saturated heterocycles. The van der Waals surface area contributed by atoms with Gasteiger partial charge in [-0.25, -0.2) is 0 Å². The molecule has 1 aromatic rings. The van der Waals surface area contributed by atoms with E-state index in [1.165, 1.54) is 0 Å². The van der Waals surface area contributed by atoms with Crippen molar-refractivity contribution in [1.29, 1.82) is 0 Å². The van der Waals surface area contributed by atoms with Crippen LogP contribution in [0.5, 0.6) is 11.5 Å². The zero-order chi connectivity index (χ0) is 10.6. The van der Waals surface area contributed by atoms with Crippen LogP contribution in [0.25, 0.3) is 0 Å². The molecule has 0 heterocycles. The molecule has 0 aliphatic rings. The quantitative estimate of drug-likeness (QED) is 0.780. The van der Waals surface area contributed by atoms with Crippen molar-refractivity contribution >= 4 is 12.4 Å². The summed E-state index contributed by atoms with van der Waals surface area (Å²) in [6.45, 7) is 3.60. The largest absolute Gasteiger partial charge is 0.507 e. The first-order valence-electron chi connectivity index (χ1n) is 4.42. The van der Waals surface area contributed by atoms with Crippen LogP contribution < -0.4 is 10.5 Å². The molecule has 1 rings (SSSR count). The Labute approximate surface area is 96.0 Å². The highest BCUT2D eigenvalue weighted by Crippen LogP contribution is 2.28. The van der Waals surface area contributed by atoms with Crippen molar-refractivity contribution in [3.05, 3.63) is 36.4 Å². The Kier molecular flexibility index (Phi) is 5.82. The molecule has 4 heteroatoms. The van der Waals surface area contributed by atoms with Crippen molar-refractivity contribution in [2.75, 3.05) is 7.11 Å². The maximum atomic E-state index is 9.63. The highest BCUT2D eigenvalue weighted by Gasteiger charge is 2.09. The number of methoxy groups -OCH3 is 1. The van der Waals surface area contributed by atoms with Gasteiger partial charge >= 0.3 is 0 Å². The van der Waals surface area contributed by atoms with Gasteiger partial charge in [-0.1, -0.05) is 12.1 Å². The first-order valence-corrected chi connectivity index (χ1v) is 4.42. The van der Waals surface area contributed by atoms with E-state index in [1.54, 1.807) is 31.4 Å². The van der Waals surface area contributed by atoms with E-state index in [-0.39, 0.29) is 24.2 Å². The van der Waals surface area contributed by atoms with E-state index in [2.05, 4.69) is 6.58 Å². The molecule has 15 heavy (non-hydrogen) atoms. The normalized spacial score (nSPS) is 11.3. The third kappa shape index (κ3) is 3.46. The second kappa shape index (κ2) is 6.32. The first-order chi connectivity index (χ1) is 6.69. The number of phenols is 1. The number of aromatic hydroxyl groups is 1. The van der Waals surface area contributed by atoms with Crippen molar-refractivity contribution < 1.29 is 9.84 Å². The number of rotatable bonds is 4. The lowest BCUT2D eigenvalue weighted by atomic mass is 10.0. The number of phenolic OH excluding ortho intramolecular Hbond substituents is 1. The highest BCUT2D eigenvalue weighted by molar-refractivity contribution is 5.85. The van der Waals surface area contributed by atoms with Crippen LogP contribution in [-0.4, -0.2) is 12.2 Å². The van der Waals surface area contributed by atoms with Gasteiger partial charge in [0, 0.05) is 17.7 Å². The molecule has 0 amide bonds. The Balaban J connectivity index is 0.00000196. The van der Waals surface area contributed by atoms with Gasteiger partial charge in [-0.3, -0.25) is 0 Å². The molecule has 0 radical (unpaired) electrons. The fourth-order valence-corrected chi connectivity index (χ4v) is 1.27. The maximum absolute atomic E-state index is 9.63. The molecule has 0 saturated carbocycles. The monoisotopic (exact) mass is 229 g/mol. The molecule has 1 aromatic carbocycles. The van der Waals surface area contributed by atoms with Crippen molar-refractivity contribution in [2.24, 2.45) is 5.73 Å². The fraction of sp³-hybridized carbons (Fsp3) is 0.273. The predicted octanol–water partition coefficient (Wildman–Crippen LogP) is 2.40. The number of nitrogens with two attached hydrogens (primary N) is 1. The lowest BCUT2D eigenvalue weighted by molar-refractivity contribution is 0.405. The van der Waals surface area contributed by atoms with Gasteiger partial charge in [-0.05, 0) is 12.5 Å². The minimum absolute atomic E-state index is 0. The summed E-state index contributed by atoms with van der Waals surface area (Å²) in [5, 5.41) is 9.63. The number of hydrogen-bond acceptors (Lipinski definition) is 3. The summed E-state index contributed by atoms with van der Waals surface area (Å²) in [5.41, 5.74) is 6.54. The topological polar surface area (TPSA) is 55.5 Å². The summed E-state index contributed by atoms with van der Waals surface area (Å²) < 4.78 is 4.97. The minimum atomic E-state index is -0.210. The predicted molar refractivity (Wildman–Crippen MR) is 63.6 cm³/mol. The number of ether oxygens (including phenoxy) is 1. The Morgan fingerprint density at radius 3 is 2.73 bits per heavy atom. The summed E-state index contributed by atoms with van der Waals surface area (Å²) in [6.07, 6.45) is 2.37. The third-order valence-corrected chi connectivity index (χ3v) is 2.06. The van der Waals surface area contributed by atoms with Gasteiger partial charge < -0.3 is 15.6 Å². The van der Waals surface area contributed by atoms with Crippen molar-refractivity contribution in [3.8, 4) is 11.5 Å². The molecule has 0 fully saturated rings. The summed E-state index contributed by atoms with van der Waals surface area (Å²) in [4.78, 5) is 0. The van der Waals surface area contributed by atoms with Crippen LogP contribution in [0.3, 0.4) is 0 Å². The molecule has 0 aromatic heterocycles. The van der Waals surface area contributed by atoms with E-state index in [0.717, 1.165) is 0 Å². The molecular formula is C11H16ClNO2. The standard InChI is InChI=1S/C11H15NO2.ClH/c1-3-4-10(12)9-6-5-8(14-2)7-11(9)13;/h3,5-7,10,13H,1,4,12H2,2H3;1H/t10-;/m0./s1. The second-order valence-electron chi connectivity index (χ2n) is 3.06. The van der Waals surface area contributed by atoms with Gasteiger partial charge in [0.15, 0.2) is 0 Å². The third-order valence-electron chi connectivity index (χ3n) is 2.06. The van der Waals surface area contributed by atoms with Crippen molar-refractivity contribution in [1.82, 2.24) is 0 Å². The fourth-order valence-electron chi connectivity index (χ4n) is 1.27. The van der Waals surface area contributed by atoms with Crippen LogP contribution in [-0.2, 0) is 0 Å². The molecule has 0 unspecified atom stereocenters. The first kappa shape index (κ1) is 13.8. The smallest absolute Gasteiger partial charge is 0.124 e. The SMILES string of the molecule is C=CC[C@H](N)c1ccc(OC)cc1O.Cl. The minimum Gasteiger partial charge on any atom is -0.507 e. The zero-order valence-corrected chi connectivity index (χ0v) is 9.46. The van der Waals surface area contributed by atoms with Crippen molar-refractivity contribution in [2.45, 2.75) is 12.5 Å². The van der Waals surface area contributed by atoms with Gasteiger partial charge in [-0.15, -0.1) is 19.0 Å². The Hall–Kier alpha value is -1.19. The van der Waals surface area contributed by atoms with E-state index in [4.69, 9.17) is 10.5 Å². The zero-order valence-electron chi connectivity index (χ0n) is 8.64. The molecule has 84 valence electrons. The van der Waals surface area contributed by atoms with E-state index in [9.17, 15) is 5.11 Å². The van der Waals surface area contributed by atoms with E-state index in [0.29, 0.717) is 17.7 Å². The molecule has 0 aliphatic carbocycles. The van der Waals surface area contributed by atoms with Gasteiger partial charge in [0.05, 0.1) is 7.11 Å². The van der Waals surface area contributed by atoms with E-state index < -0.39 is 0 Å². The molecule has 0 aliphatic heterocycles. The summed E-state index contributed by atoms with van der Waals surface area (Å²) in [6, 6.07) is 4.89. The average Bonchev–Trinajstić information content (AvgIpc) is 2.17. The summed E-state index contributed by atoms with van der Waals surface area (Å²) >= 11 is 0. The lowest BCUT2D eigenvalue weighted by Gasteiger charge is -2.12. The van der Waals surface area contributed by atoms with Crippen LogP contribution in [0.15, 0.2) is 30.9 Å². The lowest BCUT2D eigenvalue weighted by Crippen LogP contribution is -2.09. The molecule has 0 spiro atoms. The van der Waals surface area contributed by atoms with Crippen molar-refractivity contribution in [3.63, 3.8) is 0 Å². The average molecular weight is 230 g/mol. The van der Waals surface area contributed by atoms with Crippen LogP contribution in [0.4, 0.5) is 0 Å². The van der Waals surface area contributed by atoms with Crippen LogP contribution in [0.2, 0.25) is 0 Å². The molecule has 0 bridgehead atoms. The van der Waals surface area contributed by atoms with E-state index >= 15 is 0 Å². The molecule has 1 atom stereocenters. The number of benzene rings is 1. The van der Waals surface area contributed by atoms with Gasteiger partial charge in [0.2, 0.25) is 0 Å². The second-order valence-corrected chi connectivity index (χ2v) is 3.06. The van der Waals surface area contributed by atoms with Gasteiger partial charge in [0.1, 0.15) is 11.5 Å². The summed E-state index contributed by atoms with van der Waals surface area (Å²) in [7, 11) is 1.55. The van der Waals surface area contributed by atoms with Gasteiger partial charge in [-0.2, -0.15) is 0 Å². The Bertz CT molecular complexity index is 328. The molecule has 3 nitrogen and oxygen atoms in total. The number of hydrogen-bond donors (Lipinski definition) is 2. The van der Waals surface area contributed by atoms with Crippen LogP contribution in [0, 0.1) is 0 Å². The molecular weight excluding hydrogens is 214 g/mol. The highest BCUT2D eigenvalue weighted by atomic mass is 35.5. The Morgan fingerprint density at radius 2 is 2.27 bits per heavy atom. The van der Waals surface area contributed by atoms with Crippen LogP contribution in [0.1, 0.15) is 18.0 Å². The van der Waals surface area contributed by atoms with E-state index in [1.807, 2.05) is 0 Å². The van der Waals surface area contributed by atoms with Crippen LogP contribution >= 0.6 is 12.4 Å². The Morgan fingerprint density at radius 1 is 1.60 bits per heavy atom. The van der Waals surface area contributed by atoms with Gasteiger partial charge in [0.25, 0.3) is 0 Å².